The van der Waals surface area contributed by atoms with Crippen LogP contribution >= 0.6 is 15.9 Å². The summed E-state index contributed by atoms with van der Waals surface area (Å²) in [4.78, 5) is 36.7. The van der Waals surface area contributed by atoms with Gasteiger partial charge in [0.2, 0.25) is 0 Å². The molecular weight excluding hydrogens is 308 g/mol. The molecule has 0 saturated heterocycles. The second kappa shape index (κ2) is 6.10. The van der Waals surface area contributed by atoms with E-state index in [1.165, 1.54) is 18.3 Å². The van der Waals surface area contributed by atoms with E-state index in [1.807, 2.05) is 0 Å². The van der Waals surface area contributed by atoms with Crippen LogP contribution in [0.4, 0.5) is 0 Å². The Balaban J connectivity index is 2.78. The molecule has 0 fully saturated rings. The Morgan fingerprint density at radius 2 is 2.06 bits per heavy atom. The molecular formula is C10H9BrN2O5. The van der Waals surface area contributed by atoms with Gasteiger partial charge in [-0.3, -0.25) is 9.59 Å². The van der Waals surface area contributed by atoms with Gasteiger partial charge in [-0.05, 0) is 28.1 Å². The van der Waals surface area contributed by atoms with Gasteiger partial charge in [-0.25, -0.2) is 9.78 Å². The fourth-order valence-corrected chi connectivity index (χ4v) is 1.52. The van der Waals surface area contributed by atoms with Gasteiger partial charge in [0.05, 0.1) is 6.42 Å². The lowest BCUT2D eigenvalue weighted by molar-refractivity contribution is -0.145. The smallest absolute Gasteiger partial charge is 0.326 e. The van der Waals surface area contributed by atoms with Crippen molar-refractivity contribution in [2.75, 3.05) is 0 Å². The summed E-state index contributed by atoms with van der Waals surface area (Å²) in [6.45, 7) is 0. The molecule has 96 valence electrons. The second-order valence-electron chi connectivity index (χ2n) is 3.33. The van der Waals surface area contributed by atoms with Gasteiger partial charge in [-0.1, -0.05) is 0 Å². The SMILES string of the molecule is O=C(O)C[C@@H](NC(=O)c1ccnc(Br)c1)C(=O)O. The van der Waals surface area contributed by atoms with E-state index in [4.69, 9.17) is 10.2 Å². The van der Waals surface area contributed by atoms with E-state index in [0.717, 1.165) is 0 Å². The minimum atomic E-state index is -1.47. The summed E-state index contributed by atoms with van der Waals surface area (Å²) in [5.74, 6) is -3.38. The lowest BCUT2D eigenvalue weighted by Gasteiger charge is -2.12. The topological polar surface area (TPSA) is 117 Å². The van der Waals surface area contributed by atoms with Crippen molar-refractivity contribution in [2.45, 2.75) is 12.5 Å². The van der Waals surface area contributed by atoms with Gasteiger partial charge in [0.1, 0.15) is 10.6 Å². The molecule has 3 N–H and O–H groups in total. The number of carboxylic acids is 2. The van der Waals surface area contributed by atoms with Crippen LogP contribution in [-0.2, 0) is 9.59 Å². The van der Waals surface area contributed by atoms with Crippen LogP contribution in [0.5, 0.6) is 0 Å². The average Bonchev–Trinajstić information content (AvgIpc) is 2.27. The summed E-state index contributed by atoms with van der Waals surface area (Å²) in [6.07, 6.45) is 0.680. The van der Waals surface area contributed by atoms with Gasteiger partial charge in [0.25, 0.3) is 5.91 Å². The highest BCUT2D eigenvalue weighted by molar-refractivity contribution is 9.10. The van der Waals surface area contributed by atoms with Gasteiger partial charge in [-0.15, -0.1) is 0 Å². The maximum atomic E-state index is 11.7. The van der Waals surface area contributed by atoms with Crippen LogP contribution in [-0.4, -0.2) is 39.1 Å². The maximum Gasteiger partial charge on any atom is 0.326 e. The summed E-state index contributed by atoms with van der Waals surface area (Å²) in [5.41, 5.74) is 0.188. The van der Waals surface area contributed by atoms with Crippen LogP contribution in [0, 0.1) is 0 Å². The van der Waals surface area contributed by atoms with Crippen molar-refractivity contribution < 1.29 is 24.6 Å². The number of pyridine rings is 1. The Kier molecular flexibility index (Phi) is 4.78. The van der Waals surface area contributed by atoms with Crippen molar-refractivity contribution in [3.05, 3.63) is 28.5 Å². The number of hydrogen-bond donors (Lipinski definition) is 3. The zero-order valence-corrected chi connectivity index (χ0v) is 10.5. The number of hydrogen-bond acceptors (Lipinski definition) is 4. The van der Waals surface area contributed by atoms with Crippen LogP contribution < -0.4 is 5.32 Å². The zero-order valence-electron chi connectivity index (χ0n) is 8.96. The maximum absolute atomic E-state index is 11.7. The molecule has 0 aliphatic heterocycles. The normalized spacial score (nSPS) is 11.6. The van der Waals surface area contributed by atoms with Crippen molar-refractivity contribution in [2.24, 2.45) is 0 Å². The largest absolute Gasteiger partial charge is 0.481 e. The van der Waals surface area contributed by atoms with Crippen LogP contribution in [0.2, 0.25) is 0 Å². The molecule has 0 aliphatic rings. The lowest BCUT2D eigenvalue weighted by Crippen LogP contribution is -2.42. The highest BCUT2D eigenvalue weighted by Gasteiger charge is 2.23. The molecule has 1 amide bonds. The van der Waals surface area contributed by atoms with Crippen LogP contribution in [0.25, 0.3) is 0 Å². The van der Waals surface area contributed by atoms with Crippen molar-refractivity contribution in [1.29, 1.82) is 0 Å². The lowest BCUT2D eigenvalue weighted by atomic mass is 10.2. The Morgan fingerprint density at radius 1 is 1.39 bits per heavy atom. The van der Waals surface area contributed by atoms with Crippen molar-refractivity contribution in [3.8, 4) is 0 Å². The number of amides is 1. The number of carboxylic acid groups (broad SMARTS) is 2. The zero-order chi connectivity index (χ0) is 13.7. The average molecular weight is 317 g/mol. The molecule has 1 atom stereocenters. The second-order valence-corrected chi connectivity index (χ2v) is 4.14. The minimum Gasteiger partial charge on any atom is -0.481 e. The molecule has 0 aromatic carbocycles. The van der Waals surface area contributed by atoms with E-state index >= 15 is 0 Å². The van der Waals surface area contributed by atoms with Gasteiger partial charge in [0.15, 0.2) is 0 Å². The highest BCUT2D eigenvalue weighted by atomic mass is 79.9. The molecule has 1 aromatic rings. The van der Waals surface area contributed by atoms with E-state index in [0.29, 0.717) is 4.60 Å². The fourth-order valence-electron chi connectivity index (χ4n) is 1.16. The minimum absolute atomic E-state index is 0.188. The molecule has 7 nitrogen and oxygen atoms in total. The van der Waals surface area contributed by atoms with Gasteiger partial charge in [0, 0.05) is 11.8 Å². The molecule has 1 aromatic heterocycles. The molecule has 0 saturated carbocycles. The van der Waals surface area contributed by atoms with Crippen molar-refractivity contribution in [3.63, 3.8) is 0 Å². The van der Waals surface area contributed by atoms with Crippen LogP contribution in [0.1, 0.15) is 16.8 Å². The summed E-state index contributed by atoms with van der Waals surface area (Å²) < 4.78 is 0.417. The Morgan fingerprint density at radius 3 is 2.56 bits per heavy atom. The number of aromatic nitrogens is 1. The fraction of sp³-hybridized carbons (Fsp3) is 0.200. The van der Waals surface area contributed by atoms with E-state index in [2.05, 4.69) is 26.2 Å². The first-order valence-electron chi connectivity index (χ1n) is 4.77. The molecule has 18 heavy (non-hydrogen) atoms. The number of carbonyl (C=O) groups is 3. The third-order valence-corrected chi connectivity index (χ3v) is 2.40. The number of carbonyl (C=O) groups excluding carboxylic acids is 1. The highest BCUT2D eigenvalue weighted by Crippen LogP contribution is 2.08. The Hall–Kier alpha value is -1.96. The molecule has 1 heterocycles. The molecule has 0 spiro atoms. The predicted octanol–water partition coefficient (Wildman–Crippen LogP) is 0.502. The number of nitrogens with one attached hydrogen (secondary N) is 1. The monoisotopic (exact) mass is 316 g/mol. The third kappa shape index (κ3) is 4.13. The van der Waals surface area contributed by atoms with E-state index in [9.17, 15) is 14.4 Å². The van der Waals surface area contributed by atoms with Crippen molar-refractivity contribution >= 4 is 33.8 Å². The predicted molar refractivity (Wildman–Crippen MR) is 63.1 cm³/mol. The quantitative estimate of drug-likeness (QED) is 0.681. The molecule has 0 aliphatic carbocycles. The molecule has 8 heteroatoms. The van der Waals surface area contributed by atoms with E-state index < -0.39 is 30.3 Å². The van der Waals surface area contributed by atoms with Crippen LogP contribution in [0.15, 0.2) is 22.9 Å². The molecule has 0 bridgehead atoms. The first kappa shape index (κ1) is 14.1. The molecule has 0 unspecified atom stereocenters. The van der Waals surface area contributed by atoms with Gasteiger partial charge >= 0.3 is 11.9 Å². The Labute approximate surface area is 110 Å². The number of rotatable bonds is 5. The van der Waals surface area contributed by atoms with E-state index in [-0.39, 0.29) is 5.56 Å². The molecule has 0 radical (unpaired) electrons. The third-order valence-electron chi connectivity index (χ3n) is 1.97. The van der Waals surface area contributed by atoms with Crippen molar-refractivity contribution in [1.82, 2.24) is 10.3 Å². The number of halogens is 1. The number of aliphatic carboxylic acids is 2. The number of nitrogens with zero attached hydrogens (tertiary/aromatic N) is 1. The van der Waals surface area contributed by atoms with Gasteiger partial charge in [-0.2, -0.15) is 0 Å². The molecule has 1 rings (SSSR count). The Bertz CT molecular complexity index is 491. The standard InChI is InChI=1S/C10H9BrN2O5/c11-7-3-5(1-2-12-7)9(16)13-6(10(17)18)4-8(14)15/h1-3,6H,4H2,(H,13,16)(H,14,15)(H,17,18)/t6-/m1/s1. The van der Waals surface area contributed by atoms with E-state index in [1.54, 1.807) is 0 Å². The summed E-state index contributed by atoms with van der Waals surface area (Å²) >= 11 is 3.06. The first-order chi connectivity index (χ1) is 8.40. The summed E-state index contributed by atoms with van der Waals surface area (Å²) in [5, 5.41) is 19.4. The summed E-state index contributed by atoms with van der Waals surface area (Å²) in [7, 11) is 0. The van der Waals surface area contributed by atoms with Gasteiger partial charge < -0.3 is 15.5 Å². The summed E-state index contributed by atoms with van der Waals surface area (Å²) in [6, 6.07) is 1.32. The van der Waals surface area contributed by atoms with Crippen LogP contribution in [0.3, 0.4) is 0 Å². The first-order valence-corrected chi connectivity index (χ1v) is 5.56.